The van der Waals surface area contributed by atoms with Crippen LogP contribution in [0.2, 0.25) is 0 Å². The molecule has 2 aromatic rings. The number of urea groups is 1. The summed E-state index contributed by atoms with van der Waals surface area (Å²) < 4.78 is 7.46. The first-order chi connectivity index (χ1) is 12.1. The maximum Gasteiger partial charge on any atom is 0.320 e. The highest BCUT2D eigenvalue weighted by Crippen LogP contribution is 2.37. The Balaban J connectivity index is 1.38. The van der Waals surface area contributed by atoms with Gasteiger partial charge in [-0.2, -0.15) is 5.10 Å². The Hall–Kier alpha value is -2.50. The second-order valence-electron chi connectivity index (χ2n) is 7.05. The molecule has 1 aliphatic heterocycles. The van der Waals surface area contributed by atoms with E-state index in [2.05, 4.69) is 21.8 Å². The number of carbonyl (C=O) groups is 1. The molecule has 2 atom stereocenters. The number of para-hydroxylation sites is 1. The van der Waals surface area contributed by atoms with Crippen LogP contribution in [-0.4, -0.2) is 28.5 Å². The van der Waals surface area contributed by atoms with Crippen LogP contribution in [-0.2, 0) is 7.05 Å². The number of benzene rings is 1. The first-order valence-electron chi connectivity index (χ1n) is 8.95. The second kappa shape index (κ2) is 6.43. The van der Waals surface area contributed by atoms with Gasteiger partial charge in [0.05, 0.1) is 12.3 Å². The number of anilines is 1. The second-order valence-corrected chi connectivity index (χ2v) is 7.05. The van der Waals surface area contributed by atoms with Crippen molar-refractivity contribution in [1.82, 2.24) is 15.1 Å². The molecule has 1 fully saturated rings. The molecule has 4 rings (SSSR count). The van der Waals surface area contributed by atoms with Crippen LogP contribution in [0.15, 0.2) is 30.3 Å². The Morgan fingerprint density at radius 2 is 2.16 bits per heavy atom. The van der Waals surface area contributed by atoms with E-state index in [4.69, 9.17) is 4.74 Å². The molecular formula is C19H24N4O2. The maximum atomic E-state index is 12.4. The highest BCUT2D eigenvalue weighted by molar-refractivity contribution is 5.88. The van der Waals surface area contributed by atoms with Crippen LogP contribution < -0.4 is 15.4 Å². The Kier molecular flexibility index (Phi) is 4.11. The molecule has 0 bridgehead atoms. The van der Waals surface area contributed by atoms with Crippen LogP contribution in [0, 0.1) is 0 Å². The van der Waals surface area contributed by atoms with E-state index in [1.54, 1.807) is 4.68 Å². The van der Waals surface area contributed by atoms with Gasteiger partial charge in [0.25, 0.3) is 0 Å². The number of hydrogen-bond donors (Lipinski definition) is 2. The summed E-state index contributed by atoms with van der Waals surface area (Å²) in [5, 5.41) is 10.5. The van der Waals surface area contributed by atoms with Crippen molar-refractivity contribution >= 4 is 11.8 Å². The van der Waals surface area contributed by atoms with Crippen LogP contribution in [0.1, 0.15) is 49.3 Å². The molecule has 1 aliphatic carbocycles. The number of amides is 2. The van der Waals surface area contributed by atoms with Gasteiger partial charge in [-0.1, -0.05) is 24.6 Å². The minimum absolute atomic E-state index is 0.0250. The Labute approximate surface area is 147 Å². The number of nitrogens with zero attached hydrogens (tertiary/aromatic N) is 2. The van der Waals surface area contributed by atoms with Crippen molar-refractivity contribution in [3.63, 3.8) is 0 Å². The van der Waals surface area contributed by atoms with Crippen LogP contribution >= 0.6 is 0 Å². The summed E-state index contributed by atoms with van der Waals surface area (Å²) in [6.45, 7) is 2.61. The predicted molar refractivity (Wildman–Crippen MR) is 96.1 cm³/mol. The third kappa shape index (κ3) is 3.08. The molecule has 2 aliphatic rings. The van der Waals surface area contributed by atoms with E-state index in [0.717, 1.165) is 22.8 Å². The summed E-state index contributed by atoms with van der Waals surface area (Å²) in [6, 6.07) is 9.76. The van der Waals surface area contributed by atoms with Gasteiger partial charge in [-0.3, -0.25) is 10.00 Å². The average molecular weight is 340 g/mol. The third-order valence-electron chi connectivity index (χ3n) is 5.36. The lowest BCUT2D eigenvalue weighted by molar-refractivity contribution is 0.244. The topological polar surface area (TPSA) is 68.2 Å². The molecule has 132 valence electrons. The van der Waals surface area contributed by atoms with Gasteiger partial charge < -0.3 is 10.1 Å². The van der Waals surface area contributed by atoms with E-state index >= 15 is 0 Å². The monoisotopic (exact) mass is 340 g/mol. The van der Waals surface area contributed by atoms with Crippen LogP contribution in [0.25, 0.3) is 0 Å². The van der Waals surface area contributed by atoms with E-state index in [-0.39, 0.29) is 18.0 Å². The number of carbonyl (C=O) groups excluding carboxylic acids is 1. The molecule has 6 heteroatoms. The molecule has 0 spiro atoms. The molecule has 1 saturated carbocycles. The van der Waals surface area contributed by atoms with Gasteiger partial charge >= 0.3 is 6.03 Å². The predicted octanol–water partition coefficient (Wildman–Crippen LogP) is 3.37. The molecule has 2 heterocycles. The molecule has 1 aromatic heterocycles. The van der Waals surface area contributed by atoms with E-state index in [1.165, 1.54) is 19.3 Å². The number of aromatic nitrogens is 2. The first kappa shape index (κ1) is 16.0. The van der Waals surface area contributed by atoms with Crippen LogP contribution in [0.4, 0.5) is 10.6 Å². The number of hydrogen-bond acceptors (Lipinski definition) is 3. The van der Waals surface area contributed by atoms with Gasteiger partial charge in [-0.05, 0) is 25.8 Å². The van der Waals surface area contributed by atoms with Crippen molar-refractivity contribution in [2.45, 2.75) is 44.1 Å². The maximum absolute atomic E-state index is 12.4. The van der Waals surface area contributed by atoms with Crippen molar-refractivity contribution in [2.75, 3.05) is 11.9 Å². The van der Waals surface area contributed by atoms with Crippen molar-refractivity contribution in [3.8, 4) is 5.75 Å². The Morgan fingerprint density at radius 3 is 2.92 bits per heavy atom. The van der Waals surface area contributed by atoms with E-state index in [9.17, 15) is 4.79 Å². The standard InChI is InChI=1S/C19H24N4O2/c1-12(15-11-25-17-9-4-3-8-14(15)17)20-19(24)21-18-10-16(22-23(18)2)13-6-5-7-13/h3-4,8-10,12-13,15H,5-7,11H2,1-2H3,(H2,20,21,24)/t12-,15-/m0/s1. The molecule has 1 aromatic carbocycles. The number of fused-ring (bicyclic) bond motifs is 1. The lowest BCUT2D eigenvalue weighted by atomic mass is 9.83. The molecule has 0 saturated heterocycles. The minimum atomic E-state index is -0.208. The molecule has 0 radical (unpaired) electrons. The smallest absolute Gasteiger partial charge is 0.320 e. The van der Waals surface area contributed by atoms with E-state index in [0.29, 0.717) is 12.5 Å². The summed E-state index contributed by atoms with van der Waals surface area (Å²) in [7, 11) is 1.86. The fourth-order valence-corrected chi connectivity index (χ4v) is 3.57. The highest BCUT2D eigenvalue weighted by atomic mass is 16.5. The number of nitrogens with one attached hydrogen (secondary N) is 2. The van der Waals surface area contributed by atoms with Gasteiger partial charge in [0.2, 0.25) is 0 Å². The van der Waals surface area contributed by atoms with Gasteiger partial charge in [0.1, 0.15) is 11.6 Å². The van der Waals surface area contributed by atoms with Gasteiger partial charge in [0, 0.05) is 36.6 Å². The normalized spacial score (nSPS) is 20.3. The first-order valence-corrected chi connectivity index (χ1v) is 8.95. The molecule has 6 nitrogen and oxygen atoms in total. The zero-order valence-corrected chi connectivity index (χ0v) is 14.7. The Bertz CT molecular complexity index is 781. The Morgan fingerprint density at radius 1 is 1.36 bits per heavy atom. The summed E-state index contributed by atoms with van der Waals surface area (Å²) in [6.07, 6.45) is 3.66. The summed E-state index contributed by atoms with van der Waals surface area (Å²) in [4.78, 5) is 12.4. The van der Waals surface area contributed by atoms with Crippen molar-refractivity contribution in [2.24, 2.45) is 7.05 Å². The van der Waals surface area contributed by atoms with Crippen molar-refractivity contribution < 1.29 is 9.53 Å². The van der Waals surface area contributed by atoms with E-state index in [1.807, 2.05) is 38.2 Å². The SMILES string of the molecule is C[C@H](NC(=O)Nc1cc(C2CCC2)nn1C)[C@@H]1COc2ccccc21. The van der Waals surface area contributed by atoms with Gasteiger partial charge in [-0.15, -0.1) is 0 Å². The summed E-state index contributed by atoms with van der Waals surface area (Å²) in [5.74, 6) is 2.36. The van der Waals surface area contributed by atoms with Crippen LogP contribution in [0.5, 0.6) is 5.75 Å². The molecular weight excluding hydrogens is 316 g/mol. The molecule has 25 heavy (non-hydrogen) atoms. The van der Waals surface area contributed by atoms with Gasteiger partial charge in [0.15, 0.2) is 0 Å². The number of rotatable bonds is 4. The molecule has 2 amide bonds. The quantitative estimate of drug-likeness (QED) is 0.896. The highest BCUT2D eigenvalue weighted by Gasteiger charge is 2.30. The van der Waals surface area contributed by atoms with E-state index < -0.39 is 0 Å². The average Bonchev–Trinajstić information content (AvgIpc) is 3.10. The fraction of sp³-hybridized carbons (Fsp3) is 0.474. The fourth-order valence-electron chi connectivity index (χ4n) is 3.57. The van der Waals surface area contributed by atoms with Crippen molar-refractivity contribution in [3.05, 3.63) is 41.6 Å². The summed E-state index contributed by atoms with van der Waals surface area (Å²) in [5.41, 5.74) is 2.23. The van der Waals surface area contributed by atoms with Gasteiger partial charge in [-0.25, -0.2) is 4.79 Å². The zero-order valence-electron chi connectivity index (χ0n) is 14.7. The lowest BCUT2D eigenvalue weighted by Gasteiger charge is -2.22. The largest absolute Gasteiger partial charge is 0.493 e. The minimum Gasteiger partial charge on any atom is -0.493 e. The molecule has 0 unspecified atom stereocenters. The zero-order chi connectivity index (χ0) is 17.4. The van der Waals surface area contributed by atoms with Crippen molar-refractivity contribution in [1.29, 1.82) is 0 Å². The lowest BCUT2D eigenvalue weighted by Crippen LogP contribution is -2.40. The number of ether oxygens (including phenoxy) is 1. The number of aryl methyl sites for hydroxylation is 1. The van der Waals surface area contributed by atoms with Crippen LogP contribution in [0.3, 0.4) is 0 Å². The summed E-state index contributed by atoms with van der Waals surface area (Å²) >= 11 is 0. The molecule has 2 N–H and O–H groups in total. The third-order valence-corrected chi connectivity index (χ3v) is 5.36.